The highest BCUT2D eigenvalue weighted by molar-refractivity contribution is 5.03. The van der Waals surface area contributed by atoms with Crippen LogP contribution in [0.5, 0.6) is 0 Å². The topological polar surface area (TPSA) is 47.3 Å². The van der Waals surface area contributed by atoms with E-state index >= 15 is 0 Å². The van der Waals surface area contributed by atoms with Gasteiger partial charge in [0.2, 0.25) is 0 Å². The van der Waals surface area contributed by atoms with E-state index in [1.54, 1.807) is 0 Å². The number of hydrogen-bond acceptors (Lipinski definition) is 3. The number of ether oxygens (including phenoxy) is 1. The van der Waals surface area contributed by atoms with E-state index in [2.05, 4.69) is 19.2 Å². The van der Waals surface area contributed by atoms with Crippen molar-refractivity contribution in [3.05, 3.63) is 0 Å². The first-order valence-electron chi connectivity index (χ1n) is 6.53. The monoisotopic (exact) mass is 226 g/mol. The molecule has 0 radical (unpaired) electrons. The average molecular weight is 226 g/mol. The molecule has 0 bridgehead atoms. The highest BCUT2D eigenvalue weighted by Gasteiger charge is 2.48. The minimum absolute atomic E-state index is 0.154. The predicted octanol–water partition coefficient (Wildman–Crippen LogP) is 1.66. The highest BCUT2D eigenvalue weighted by atomic mass is 16.5. The van der Waals surface area contributed by atoms with Gasteiger partial charge in [-0.2, -0.15) is 0 Å². The lowest BCUT2D eigenvalue weighted by molar-refractivity contribution is -0.0976. The molecule has 0 aromatic carbocycles. The lowest BCUT2D eigenvalue weighted by Gasteiger charge is -2.52. The third-order valence-electron chi connectivity index (χ3n) is 4.83. The van der Waals surface area contributed by atoms with Crippen LogP contribution in [0.2, 0.25) is 0 Å². The quantitative estimate of drug-likeness (QED) is 0.749. The van der Waals surface area contributed by atoms with Crippen molar-refractivity contribution in [2.45, 2.75) is 63.6 Å². The highest BCUT2D eigenvalue weighted by Crippen LogP contribution is 2.42. The second kappa shape index (κ2) is 4.28. The molecule has 3 N–H and O–H groups in total. The normalized spacial score (nSPS) is 35.2. The first kappa shape index (κ1) is 12.3. The summed E-state index contributed by atoms with van der Waals surface area (Å²) in [6.45, 7) is 5.62. The van der Waals surface area contributed by atoms with Crippen molar-refractivity contribution in [3.63, 3.8) is 0 Å². The zero-order chi connectivity index (χ0) is 11.8. The average Bonchev–Trinajstić information content (AvgIpc) is 2.19. The van der Waals surface area contributed by atoms with Gasteiger partial charge in [0.25, 0.3) is 0 Å². The second-order valence-electron chi connectivity index (χ2n) is 6.25. The number of rotatable bonds is 5. The summed E-state index contributed by atoms with van der Waals surface area (Å²) in [5, 5.41) is 3.64. The second-order valence-corrected chi connectivity index (χ2v) is 6.25. The molecule has 0 aliphatic heterocycles. The van der Waals surface area contributed by atoms with Gasteiger partial charge in [-0.15, -0.1) is 0 Å². The lowest BCUT2D eigenvalue weighted by Crippen LogP contribution is -2.61. The summed E-state index contributed by atoms with van der Waals surface area (Å²) >= 11 is 0. The van der Waals surface area contributed by atoms with E-state index in [1.807, 2.05) is 7.11 Å². The van der Waals surface area contributed by atoms with E-state index in [0.29, 0.717) is 12.1 Å². The fourth-order valence-electron chi connectivity index (χ4n) is 3.01. The van der Waals surface area contributed by atoms with Crippen LogP contribution in [0.4, 0.5) is 0 Å². The molecule has 3 nitrogen and oxygen atoms in total. The van der Waals surface area contributed by atoms with Gasteiger partial charge in [-0.3, -0.25) is 0 Å². The molecule has 2 fully saturated rings. The summed E-state index contributed by atoms with van der Waals surface area (Å²) in [5.74, 6) is 0. The van der Waals surface area contributed by atoms with Crippen LogP contribution in [0, 0.1) is 5.41 Å². The summed E-state index contributed by atoms with van der Waals surface area (Å²) in [6, 6.07) is 0.598. The molecule has 2 saturated carbocycles. The molecule has 0 aromatic heterocycles. The van der Waals surface area contributed by atoms with Gasteiger partial charge >= 0.3 is 0 Å². The van der Waals surface area contributed by atoms with E-state index in [1.165, 1.54) is 19.3 Å². The molecular formula is C13H26N2O. The first-order valence-corrected chi connectivity index (χ1v) is 6.53. The van der Waals surface area contributed by atoms with Crippen molar-refractivity contribution in [2.75, 3.05) is 13.7 Å². The maximum Gasteiger partial charge on any atom is 0.0652 e. The van der Waals surface area contributed by atoms with Crippen LogP contribution in [0.3, 0.4) is 0 Å². The van der Waals surface area contributed by atoms with Crippen LogP contribution >= 0.6 is 0 Å². The predicted molar refractivity (Wildman–Crippen MR) is 66.4 cm³/mol. The third kappa shape index (κ3) is 2.13. The molecule has 0 spiro atoms. The maximum atomic E-state index is 6.20. The molecule has 2 aliphatic rings. The number of nitrogens with two attached hydrogens (primary N) is 1. The smallest absolute Gasteiger partial charge is 0.0652 e. The van der Waals surface area contributed by atoms with Crippen LogP contribution in [0.15, 0.2) is 0 Å². The molecule has 0 amide bonds. The minimum atomic E-state index is 0.154. The summed E-state index contributed by atoms with van der Waals surface area (Å²) < 4.78 is 5.45. The molecule has 94 valence electrons. The van der Waals surface area contributed by atoms with Gasteiger partial charge in [-0.25, -0.2) is 0 Å². The van der Waals surface area contributed by atoms with Gasteiger partial charge in [0.05, 0.1) is 6.10 Å². The van der Waals surface area contributed by atoms with E-state index in [4.69, 9.17) is 10.5 Å². The fraction of sp³-hybridized carbons (Fsp3) is 1.00. The van der Waals surface area contributed by atoms with Crippen LogP contribution in [-0.4, -0.2) is 31.3 Å². The van der Waals surface area contributed by atoms with Crippen molar-refractivity contribution in [2.24, 2.45) is 11.1 Å². The fourth-order valence-corrected chi connectivity index (χ4v) is 3.01. The van der Waals surface area contributed by atoms with Gasteiger partial charge < -0.3 is 15.8 Å². The lowest BCUT2D eigenvalue weighted by atomic mass is 9.64. The van der Waals surface area contributed by atoms with E-state index in [0.717, 1.165) is 19.4 Å². The molecule has 0 saturated heterocycles. The Kier molecular flexibility index (Phi) is 3.30. The van der Waals surface area contributed by atoms with Crippen LogP contribution in [-0.2, 0) is 4.74 Å². The van der Waals surface area contributed by atoms with Crippen molar-refractivity contribution in [1.29, 1.82) is 0 Å². The molecule has 2 rings (SSSR count). The van der Waals surface area contributed by atoms with Gasteiger partial charge in [0.15, 0.2) is 0 Å². The number of hydrogen-bond donors (Lipinski definition) is 2. The van der Waals surface area contributed by atoms with Crippen LogP contribution < -0.4 is 11.1 Å². The van der Waals surface area contributed by atoms with E-state index in [-0.39, 0.29) is 11.0 Å². The number of methoxy groups -OCH3 is 1. The maximum absolute atomic E-state index is 6.20. The van der Waals surface area contributed by atoms with Gasteiger partial charge in [0.1, 0.15) is 0 Å². The van der Waals surface area contributed by atoms with Crippen molar-refractivity contribution >= 4 is 0 Å². The zero-order valence-corrected chi connectivity index (χ0v) is 10.9. The molecular weight excluding hydrogens is 200 g/mol. The Morgan fingerprint density at radius 3 is 2.50 bits per heavy atom. The third-order valence-corrected chi connectivity index (χ3v) is 4.83. The Hall–Kier alpha value is -0.120. The Bertz CT molecular complexity index is 248. The summed E-state index contributed by atoms with van der Waals surface area (Å²) in [4.78, 5) is 0. The van der Waals surface area contributed by atoms with Crippen molar-refractivity contribution < 1.29 is 4.74 Å². The van der Waals surface area contributed by atoms with Crippen molar-refractivity contribution in [1.82, 2.24) is 5.32 Å². The van der Waals surface area contributed by atoms with Gasteiger partial charge in [-0.05, 0) is 38.6 Å². The summed E-state index contributed by atoms with van der Waals surface area (Å²) in [7, 11) is 1.81. The Morgan fingerprint density at radius 1 is 1.38 bits per heavy atom. The largest absolute Gasteiger partial charge is 0.381 e. The Labute approximate surface area is 99.1 Å². The van der Waals surface area contributed by atoms with Crippen LogP contribution in [0.1, 0.15) is 46.0 Å². The van der Waals surface area contributed by atoms with Crippen molar-refractivity contribution in [3.8, 4) is 0 Å². The summed E-state index contributed by atoms with van der Waals surface area (Å²) in [6.07, 6.45) is 6.42. The SMILES string of the molecule is COC1CC(NCCC2(N)CCC2)C1(C)C. The van der Waals surface area contributed by atoms with Gasteiger partial charge in [0, 0.05) is 24.1 Å². The molecule has 3 heteroatoms. The zero-order valence-electron chi connectivity index (χ0n) is 10.9. The van der Waals surface area contributed by atoms with E-state index < -0.39 is 0 Å². The molecule has 2 atom stereocenters. The molecule has 16 heavy (non-hydrogen) atoms. The minimum Gasteiger partial charge on any atom is -0.381 e. The Balaban J connectivity index is 1.68. The molecule has 0 aromatic rings. The van der Waals surface area contributed by atoms with E-state index in [9.17, 15) is 0 Å². The summed E-state index contributed by atoms with van der Waals surface area (Å²) in [5.41, 5.74) is 6.63. The molecule has 2 aliphatic carbocycles. The standard InChI is InChI=1S/C13H26N2O/c1-12(2)10(9-11(12)16-3)15-8-7-13(14)5-4-6-13/h10-11,15H,4-9,14H2,1-3H3. The van der Waals surface area contributed by atoms with Gasteiger partial charge in [-0.1, -0.05) is 13.8 Å². The van der Waals surface area contributed by atoms with Crippen LogP contribution in [0.25, 0.3) is 0 Å². The molecule has 0 heterocycles. The Morgan fingerprint density at radius 2 is 2.06 bits per heavy atom. The molecule has 2 unspecified atom stereocenters. The number of nitrogens with one attached hydrogen (secondary N) is 1. The first-order chi connectivity index (χ1) is 7.48.